The Kier molecular flexibility index (Phi) is 8.61. The second-order valence-corrected chi connectivity index (χ2v) is 10.1. The summed E-state index contributed by atoms with van der Waals surface area (Å²) in [4.78, 5) is 28.9. The fourth-order valence-corrected chi connectivity index (χ4v) is 3.83. The van der Waals surface area contributed by atoms with Crippen LogP contribution < -0.4 is 15.4 Å². The number of carbonyl (C=O) groups is 2. The lowest BCUT2D eigenvalue weighted by molar-refractivity contribution is 0.0938. The molecule has 0 saturated heterocycles. The van der Waals surface area contributed by atoms with Crippen LogP contribution >= 0.6 is 11.6 Å². The molecule has 0 spiro atoms. The fourth-order valence-electron chi connectivity index (χ4n) is 3.60. The Labute approximate surface area is 222 Å². The van der Waals surface area contributed by atoms with Gasteiger partial charge in [-0.25, -0.2) is 0 Å². The molecule has 1 saturated carbocycles. The summed E-state index contributed by atoms with van der Waals surface area (Å²) < 4.78 is 7.61. The van der Waals surface area contributed by atoms with E-state index >= 15 is 0 Å². The highest BCUT2D eigenvalue weighted by molar-refractivity contribution is 6.31. The molecule has 1 aromatic carbocycles. The van der Waals surface area contributed by atoms with Crippen LogP contribution in [0.15, 0.2) is 55.0 Å². The largest absolute Gasteiger partial charge is 0.493 e. The maximum Gasteiger partial charge on any atom is 0.270 e. The topological polar surface area (TPSA) is 98.1 Å². The molecule has 1 aliphatic carbocycles. The predicted molar refractivity (Wildman–Crippen MR) is 144 cm³/mol. The Morgan fingerprint density at radius 3 is 2.70 bits per heavy atom. The molecule has 0 unspecified atom stereocenters. The number of hydrogen-bond donors (Lipinski definition) is 2. The highest BCUT2D eigenvalue weighted by atomic mass is 35.5. The first-order valence-electron chi connectivity index (χ1n) is 12.5. The van der Waals surface area contributed by atoms with E-state index in [4.69, 9.17) is 16.3 Å². The number of amides is 2. The first-order valence-corrected chi connectivity index (χ1v) is 12.8. The molecule has 2 heterocycles. The molecule has 1 fully saturated rings. The number of aromatic nitrogens is 3. The van der Waals surface area contributed by atoms with Crippen molar-refractivity contribution in [2.75, 3.05) is 6.61 Å². The second kappa shape index (κ2) is 12.1. The van der Waals surface area contributed by atoms with Gasteiger partial charge in [-0.1, -0.05) is 29.8 Å². The highest BCUT2D eigenvalue weighted by Crippen LogP contribution is 2.30. The molecule has 1 aliphatic rings. The molecule has 8 nitrogen and oxygen atoms in total. The lowest BCUT2D eigenvalue weighted by Gasteiger charge is -2.11. The molecule has 2 N–H and O–H groups in total. The predicted octanol–water partition coefficient (Wildman–Crippen LogP) is 4.74. The van der Waals surface area contributed by atoms with Crippen LogP contribution in [-0.4, -0.2) is 45.3 Å². The number of ether oxygens (including phenoxy) is 1. The number of nitrogens with zero attached hydrogens (tertiary/aromatic N) is 3. The van der Waals surface area contributed by atoms with Crippen LogP contribution in [-0.2, 0) is 6.54 Å². The van der Waals surface area contributed by atoms with Gasteiger partial charge in [0.05, 0.1) is 19.3 Å². The Morgan fingerprint density at radius 2 is 1.97 bits per heavy atom. The second-order valence-electron chi connectivity index (χ2n) is 9.66. The minimum absolute atomic E-state index is 0.0185. The van der Waals surface area contributed by atoms with Crippen LogP contribution in [0, 0.1) is 5.92 Å². The van der Waals surface area contributed by atoms with Gasteiger partial charge in [0.25, 0.3) is 11.8 Å². The summed E-state index contributed by atoms with van der Waals surface area (Å²) in [5.74, 6) is 0.890. The minimum Gasteiger partial charge on any atom is -0.493 e. The van der Waals surface area contributed by atoms with Gasteiger partial charge in [-0.15, -0.1) is 0 Å². The van der Waals surface area contributed by atoms with Gasteiger partial charge < -0.3 is 15.4 Å². The molecule has 0 aliphatic heterocycles. The maximum absolute atomic E-state index is 12.7. The molecule has 194 valence electrons. The van der Waals surface area contributed by atoms with Gasteiger partial charge in [0.1, 0.15) is 11.4 Å². The smallest absolute Gasteiger partial charge is 0.270 e. The number of pyridine rings is 1. The van der Waals surface area contributed by atoms with Gasteiger partial charge in [-0.3, -0.25) is 19.3 Å². The number of benzene rings is 1. The number of halogens is 1. The Balaban J connectivity index is 1.30. The lowest BCUT2D eigenvalue weighted by Crippen LogP contribution is -2.33. The zero-order valence-corrected chi connectivity index (χ0v) is 22.0. The molecular formula is C28H32ClN5O3. The third kappa shape index (κ3) is 7.92. The molecule has 2 aromatic heterocycles. The third-order valence-corrected chi connectivity index (χ3v) is 6.16. The summed E-state index contributed by atoms with van der Waals surface area (Å²) in [6.07, 6.45) is 11.4. The Hall–Kier alpha value is -3.65. The summed E-state index contributed by atoms with van der Waals surface area (Å²) in [6, 6.07) is 8.58. The molecule has 2 amide bonds. The van der Waals surface area contributed by atoms with Gasteiger partial charge in [0.2, 0.25) is 0 Å². The molecular weight excluding hydrogens is 490 g/mol. The zero-order valence-electron chi connectivity index (χ0n) is 21.3. The fraction of sp³-hybridized carbons (Fsp3) is 0.357. The number of hydrogen-bond acceptors (Lipinski definition) is 5. The van der Waals surface area contributed by atoms with Gasteiger partial charge in [0.15, 0.2) is 0 Å². The van der Waals surface area contributed by atoms with E-state index in [-0.39, 0.29) is 29.6 Å². The average Bonchev–Trinajstić information content (AvgIpc) is 3.59. The van der Waals surface area contributed by atoms with Crippen molar-refractivity contribution < 1.29 is 14.3 Å². The van der Waals surface area contributed by atoms with E-state index < -0.39 is 0 Å². The van der Waals surface area contributed by atoms with Crippen molar-refractivity contribution in [1.29, 1.82) is 0 Å². The molecule has 9 heteroatoms. The van der Waals surface area contributed by atoms with Gasteiger partial charge in [-0.05, 0) is 69.4 Å². The SMILES string of the molecule is CC(C)NC(=O)c1cc(C(=O)N[C@@H](C)C=Cc2cnn(Cc3ccc(OCC4CC4)cc3Cl)c2)ccn1. The van der Waals surface area contributed by atoms with Crippen LogP contribution in [0.2, 0.25) is 5.02 Å². The molecule has 37 heavy (non-hydrogen) atoms. The monoisotopic (exact) mass is 521 g/mol. The molecule has 1 atom stereocenters. The average molecular weight is 522 g/mol. The summed E-state index contributed by atoms with van der Waals surface area (Å²) in [6.45, 7) is 6.90. The van der Waals surface area contributed by atoms with Crippen molar-refractivity contribution in [2.24, 2.45) is 5.92 Å². The van der Waals surface area contributed by atoms with Crippen LogP contribution in [0.5, 0.6) is 5.75 Å². The van der Waals surface area contributed by atoms with E-state index in [1.54, 1.807) is 12.3 Å². The zero-order chi connectivity index (χ0) is 26.4. The van der Waals surface area contributed by atoms with Crippen LogP contribution in [0.3, 0.4) is 0 Å². The minimum atomic E-state index is -0.311. The third-order valence-electron chi connectivity index (χ3n) is 5.80. The number of nitrogens with one attached hydrogen (secondary N) is 2. The van der Waals surface area contributed by atoms with Crippen molar-refractivity contribution in [3.05, 3.63) is 82.4 Å². The van der Waals surface area contributed by atoms with E-state index in [0.717, 1.165) is 23.5 Å². The van der Waals surface area contributed by atoms with Crippen LogP contribution in [0.1, 0.15) is 65.6 Å². The molecule has 3 aromatic rings. The summed E-state index contributed by atoms with van der Waals surface area (Å²) >= 11 is 6.47. The van der Waals surface area contributed by atoms with Gasteiger partial charge >= 0.3 is 0 Å². The normalized spacial score (nSPS) is 14.1. The van der Waals surface area contributed by atoms with Crippen molar-refractivity contribution in [1.82, 2.24) is 25.4 Å². The summed E-state index contributed by atoms with van der Waals surface area (Å²) in [5, 5.41) is 10.8. The maximum atomic E-state index is 12.7. The first kappa shape index (κ1) is 26.4. The van der Waals surface area contributed by atoms with E-state index in [1.807, 2.05) is 62.0 Å². The van der Waals surface area contributed by atoms with Crippen molar-refractivity contribution in [2.45, 2.75) is 52.2 Å². The standard InChI is InChI=1S/C28H32ClN5O3/c1-18(2)32-28(36)26-12-22(10-11-30-26)27(35)33-19(3)4-5-21-14-31-34(15-21)16-23-8-9-24(13-25(23)29)37-17-20-6-7-20/h4-5,8-15,18-20H,6-7,16-17H2,1-3H3,(H,32,36)(H,33,35)/t19-/m0/s1. The van der Waals surface area contributed by atoms with E-state index in [9.17, 15) is 9.59 Å². The summed E-state index contributed by atoms with van der Waals surface area (Å²) in [7, 11) is 0. The Bertz CT molecular complexity index is 1280. The van der Waals surface area contributed by atoms with Crippen molar-refractivity contribution >= 4 is 29.5 Å². The quantitative estimate of drug-likeness (QED) is 0.380. The van der Waals surface area contributed by atoms with Crippen molar-refractivity contribution in [3.8, 4) is 5.75 Å². The number of carbonyl (C=O) groups excluding carboxylic acids is 2. The van der Waals surface area contributed by atoms with E-state index in [2.05, 4.69) is 20.7 Å². The molecule has 0 radical (unpaired) electrons. The van der Waals surface area contributed by atoms with E-state index in [0.29, 0.717) is 23.0 Å². The lowest BCUT2D eigenvalue weighted by atomic mass is 10.2. The van der Waals surface area contributed by atoms with Gasteiger partial charge in [-0.2, -0.15) is 5.10 Å². The number of rotatable bonds is 11. The van der Waals surface area contributed by atoms with Crippen molar-refractivity contribution in [3.63, 3.8) is 0 Å². The van der Waals surface area contributed by atoms with E-state index in [1.165, 1.54) is 25.1 Å². The summed E-state index contributed by atoms with van der Waals surface area (Å²) in [5.41, 5.74) is 2.44. The Morgan fingerprint density at radius 1 is 1.16 bits per heavy atom. The van der Waals surface area contributed by atoms with Crippen LogP contribution in [0.25, 0.3) is 6.08 Å². The first-order chi connectivity index (χ1) is 17.8. The molecule has 4 rings (SSSR count). The van der Waals surface area contributed by atoms with Gasteiger partial charge in [0, 0.05) is 40.6 Å². The molecule has 0 bridgehead atoms. The highest BCUT2D eigenvalue weighted by Gasteiger charge is 2.22. The van der Waals surface area contributed by atoms with Crippen LogP contribution in [0.4, 0.5) is 0 Å².